The van der Waals surface area contributed by atoms with Crippen molar-refractivity contribution in [3.8, 4) is 0 Å². The van der Waals surface area contributed by atoms with E-state index >= 15 is 0 Å². The molecule has 0 radical (unpaired) electrons. The van der Waals surface area contributed by atoms with E-state index < -0.39 is 11.9 Å². The number of nitrogens with two attached hydrogens (primary N) is 1. The minimum Gasteiger partial charge on any atom is -0.469 e. The molecule has 1 aromatic rings. The average molecular weight is 258 g/mol. The van der Waals surface area contributed by atoms with Crippen LogP contribution in [0.2, 0.25) is 5.02 Å². The highest BCUT2D eigenvalue weighted by molar-refractivity contribution is 6.34. The third-order valence-corrected chi connectivity index (χ3v) is 2.67. The van der Waals surface area contributed by atoms with E-state index in [-0.39, 0.29) is 17.0 Å². The van der Waals surface area contributed by atoms with E-state index in [1.54, 1.807) is 0 Å². The minimum absolute atomic E-state index is 0.134. The molecule has 5 nitrogen and oxygen atoms in total. The number of methoxy groups -OCH3 is 2. The molecule has 1 aromatic carbocycles. The van der Waals surface area contributed by atoms with Gasteiger partial charge in [0.2, 0.25) is 0 Å². The highest BCUT2D eigenvalue weighted by Gasteiger charge is 2.19. The van der Waals surface area contributed by atoms with Crippen molar-refractivity contribution >= 4 is 29.2 Å². The normalized spacial score (nSPS) is 9.82. The van der Waals surface area contributed by atoms with Crippen LogP contribution in [0.5, 0.6) is 0 Å². The molecule has 0 unspecified atom stereocenters. The first-order valence-electron chi connectivity index (χ1n) is 4.73. The summed E-state index contributed by atoms with van der Waals surface area (Å²) in [5, 5.41) is 0.165. The van der Waals surface area contributed by atoms with Gasteiger partial charge in [-0.3, -0.25) is 4.79 Å². The number of carbonyl (C=O) groups is 2. The zero-order chi connectivity index (χ0) is 13.0. The average Bonchev–Trinajstić information content (AvgIpc) is 2.34. The lowest BCUT2D eigenvalue weighted by molar-refractivity contribution is -0.139. The number of anilines is 1. The molecule has 17 heavy (non-hydrogen) atoms. The van der Waals surface area contributed by atoms with E-state index in [0.29, 0.717) is 11.3 Å². The van der Waals surface area contributed by atoms with Crippen LogP contribution >= 0.6 is 11.6 Å². The van der Waals surface area contributed by atoms with E-state index in [1.165, 1.54) is 26.4 Å². The zero-order valence-corrected chi connectivity index (χ0v) is 10.2. The van der Waals surface area contributed by atoms with Crippen molar-refractivity contribution in [3.63, 3.8) is 0 Å². The third kappa shape index (κ3) is 2.88. The first kappa shape index (κ1) is 13.3. The second-order valence-corrected chi connectivity index (χ2v) is 3.62. The summed E-state index contributed by atoms with van der Waals surface area (Å²) < 4.78 is 9.12. The fourth-order valence-corrected chi connectivity index (χ4v) is 1.56. The van der Waals surface area contributed by atoms with E-state index in [9.17, 15) is 9.59 Å². The summed E-state index contributed by atoms with van der Waals surface area (Å²) in [5.41, 5.74) is 6.42. The number of hydrogen-bond donors (Lipinski definition) is 1. The van der Waals surface area contributed by atoms with Crippen molar-refractivity contribution < 1.29 is 19.1 Å². The van der Waals surface area contributed by atoms with Crippen molar-refractivity contribution in [2.45, 2.75) is 6.42 Å². The van der Waals surface area contributed by atoms with E-state index in [2.05, 4.69) is 9.47 Å². The van der Waals surface area contributed by atoms with Crippen molar-refractivity contribution in [2.75, 3.05) is 20.0 Å². The maximum Gasteiger partial charge on any atom is 0.338 e. The quantitative estimate of drug-likeness (QED) is 0.654. The standard InChI is InChI=1S/C11H12ClNO4/c1-16-9(14)5-7-6(11(15)17-2)3-4-8(13)10(7)12/h3-4H,5,13H2,1-2H3. The molecule has 2 N–H and O–H groups in total. The van der Waals surface area contributed by atoms with Crippen molar-refractivity contribution in [1.82, 2.24) is 0 Å². The molecule has 6 heteroatoms. The number of halogens is 1. The van der Waals surface area contributed by atoms with Crippen molar-refractivity contribution in [3.05, 3.63) is 28.3 Å². The SMILES string of the molecule is COC(=O)Cc1c(C(=O)OC)ccc(N)c1Cl. The molecule has 0 aliphatic heterocycles. The molecule has 0 aromatic heterocycles. The van der Waals surface area contributed by atoms with E-state index in [4.69, 9.17) is 17.3 Å². The molecule has 0 spiro atoms. The van der Waals surface area contributed by atoms with E-state index in [0.717, 1.165) is 0 Å². The highest BCUT2D eigenvalue weighted by atomic mass is 35.5. The summed E-state index contributed by atoms with van der Waals surface area (Å²) in [6, 6.07) is 2.95. The maximum absolute atomic E-state index is 11.5. The third-order valence-electron chi connectivity index (χ3n) is 2.23. The predicted octanol–water partition coefficient (Wildman–Crippen LogP) is 1.42. The molecule has 0 saturated heterocycles. The molecular weight excluding hydrogens is 246 g/mol. The van der Waals surface area contributed by atoms with Crippen LogP contribution < -0.4 is 5.73 Å². The van der Waals surface area contributed by atoms with Crippen LogP contribution in [0.3, 0.4) is 0 Å². The molecule has 0 amide bonds. The second-order valence-electron chi connectivity index (χ2n) is 3.24. The molecule has 0 aliphatic rings. The lowest BCUT2D eigenvalue weighted by Gasteiger charge is -2.10. The summed E-state index contributed by atoms with van der Waals surface area (Å²) in [6.07, 6.45) is -0.134. The number of hydrogen-bond acceptors (Lipinski definition) is 5. The van der Waals surface area contributed by atoms with Crippen LogP contribution in [-0.2, 0) is 20.7 Å². The van der Waals surface area contributed by atoms with Gasteiger partial charge in [-0.1, -0.05) is 11.6 Å². The van der Waals surface area contributed by atoms with Crippen LogP contribution in [0, 0.1) is 0 Å². The van der Waals surface area contributed by atoms with Crippen LogP contribution in [0.15, 0.2) is 12.1 Å². The van der Waals surface area contributed by atoms with Crippen molar-refractivity contribution in [1.29, 1.82) is 0 Å². The molecule has 0 aliphatic carbocycles. The Balaban J connectivity index is 3.26. The molecule has 0 saturated carbocycles. The number of esters is 2. The highest BCUT2D eigenvalue weighted by Crippen LogP contribution is 2.27. The van der Waals surface area contributed by atoms with Gasteiger partial charge in [0.1, 0.15) is 0 Å². The van der Waals surface area contributed by atoms with Crippen LogP contribution in [0.4, 0.5) is 5.69 Å². The fraction of sp³-hybridized carbons (Fsp3) is 0.273. The Morgan fingerprint density at radius 2 is 1.94 bits per heavy atom. The van der Waals surface area contributed by atoms with Crippen LogP contribution in [0.1, 0.15) is 15.9 Å². The van der Waals surface area contributed by atoms with Gasteiger partial charge in [-0.15, -0.1) is 0 Å². The van der Waals surface area contributed by atoms with Gasteiger partial charge >= 0.3 is 11.9 Å². The molecule has 0 atom stereocenters. The number of ether oxygens (including phenoxy) is 2. The van der Waals surface area contributed by atoms with Crippen molar-refractivity contribution in [2.24, 2.45) is 0 Å². The molecule has 92 valence electrons. The van der Waals surface area contributed by atoms with Gasteiger partial charge in [0, 0.05) is 0 Å². The van der Waals surface area contributed by atoms with Gasteiger partial charge < -0.3 is 15.2 Å². The molecule has 0 fully saturated rings. The van der Waals surface area contributed by atoms with E-state index in [1.807, 2.05) is 0 Å². The zero-order valence-electron chi connectivity index (χ0n) is 9.45. The maximum atomic E-state index is 11.5. The van der Waals surface area contributed by atoms with Gasteiger partial charge in [0.25, 0.3) is 0 Å². The monoisotopic (exact) mass is 257 g/mol. The second kappa shape index (κ2) is 5.54. The number of rotatable bonds is 3. The summed E-state index contributed by atoms with van der Waals surface area (Å²) in [6.45, 7) is 0. The Labute approximate surface area is 103 Å². The minimum atomic E-state index is -0.578. The topological polar surface area (TPSA) is 78.6 Å². The van der Waals surface area contributed by atoms with Crippen LogP contribution in [-0.4, -0.2) is 26.2 Å². The summed E-state index contributed by atoms with van der Waals surface area (Å²) >= 11 is 5.96. The largest absolute Gasteiger partial charge is 0.469 e. The van der Waals surface area contributed by atoms with Gasteiger partial charge in [-0.05, 0) is 17.7 Å². The molecular formula is C11H12ClNO4. The first-order chi connectivity index (χ1) is 8.01. The Kier molecular flexibility index (Phi) is 4.34. The summed E-state index contributed by atoms with van der Waals surface area (Å²) in [5.74, 6) is -1.09. The van der Waals surface area contributed by atoms with Gasteiger partial charge in [0.05, 0.1) is 36.9 Å². The molecule has 0 bridgehead atoms. The Bertz CT molecular complexity index is 459. The van der Waals surface area contributed by atoms with Crippen LogP contribution in [0.25, 0.3) is 0 Å². The molecule has 0 heterocycles. The summed E-state index contributed by atoms with van der Waals surface area (Å²) in [7, 11) is 2.49. The number of benzene rings is 1. The smallest absolute Gasteiger partial charge is 0.338 e. The fourth-order valence-electron chi connectivity index (χ4n) is 1.33. The Hall–Kier alpha value is -1.75. The Morgan fingerprint density at radius 3 is 2.47 bits per heavy atom. The predicted molar refractivity (Wildman–Crippen MR) is 62.9 cm³/mol. The molecule has 1 rings (SSSR count). The summed E-state index contributed by atoms with van der Waals surface area (Å²) in [4.78, 5) is 22.7. The van der Waals surface area contributed by atoms with Gasteiger partial charge in [-0.25, -0.2) is 4.79 Å². The lowest BCUT2D eigenvalue weighted by atomic mass is 10.0. The lowest BCUT2D eigenvalue weighted by Crippen LogP contribution is -2.12. The number of nitrogen functional groups attached to an aromatic ring is 1. The van der Waals surface area contributed by atoms with Gasteiger partial charge in [0.15, 0.2) is 0 Å². The first-order valence-corrected chi connectivity index (χ1v) is 5.11. The van der Waals surface area contributed by atoms with Gasteiger partial charge in [-0.2, -0.15) is 0 Å². The number of carbonyl (C=O) groups excluding carboxylic acids is 2. The Morgan fingerprint density at radius 1 is 1.29 bits per heavy atom.